The van der Waals surface area contributed by atoms with Crippen LogP contribution < -0.4 is 0 Å². The molecule has 0 heterocycles. The molecule has 0 aliphatic carbocycles. The molecule has 0 aliphatic rings. The molecule has 0 amide bonds. The van der Waals surface area contributed by atoms with Gasteiger partial charge in [-0.05, 0) is 47.2 Å². The third kappa shape index (κ3) is 2.29. The number of hydrogen-bond donors (Lipinski definition) is 0. The predicted octanol–water partition coefficient (Wildman–Crippen LogP) is 3.74. The number of thioether (sulfide) groups is 2. The number of benzene rings is 1. The fraction of sp³-hybridized carbons (Fsp3) is 0.250. The quantitative estimate of drug-likeness (QED) is 0.602. The van der Waals surface area contributed by atoms with Gasteiger partial charge >= 0.3 is 0 Å². The average Bonchev–Trinajstić information content (AvgIpc) is 2.05. The van der Waals surface area contributed by atoms with Gasteiger partial charge in [0.05, 0.1) is 0 Å². The van der Waals surface area contributed by atoms with E-state index in [1.165, 1.54) is 13.4 Å². The van der Waals surface area contributed by atoms with E-state index >= 15 is 0 Å². The summed E-state index contributed by atoms with van der Waals surface area (Å²) in [5.41, 5.74) is 0. The van der Waals surface area contributed by atoms with Crippen LogP contribution in [0.5, 0.6) is 0 Å². The van der Waals surface area contributed by atoms with Crippen LogP contribution in [0.1, 0.15) is 0 Å². The van der Waals surface area contributed by atoms with E-state index in [4.69, 9.17) is 0 Å². The molecule has 0 atom stereocenters. The highest BCUT2D eigenvalue weighted by molar-refractivity contribution is 14.1. The molecule has 11 heavy (non-hydrogen) atoms. The minimum Gasteiger partial charge on any atom is -0.128 e. The van der Waals surface area contributed by atoms with Crippen LogP contribution in [0.3, 0.4) is 0 Å². The second kappa shape index (κ2) is 4.62. The molecule has 0 fully saturated rings. The van der Waals surface area contributed by atoms with Gasteiger partial charge in [-0.25, -0.2) is 0 Å². The molecule has 0 aromatic heterocycles. The largest absolute Gasteiger partial charge is 0.128 e. The summed E-state index contributed by atoms with van der Waals surface area (Å²) < 4.78 is 1.38. The smallest absolute Gasteiger partial charge is 0.0401 e. The van der Waals surface area contributed by atoms with Gasteiger partial charge in [0, 0.05) is 13.4 Å². The van der Waals surface area contributed by atoms with Crippen molar-refractivity contribution >= 4 is 46.1 Å². The van der Waals surface area contributed by atoms with Crippen LogP contribution in [0, 0.1) is 3.57 Å². The van der Waals surface area contributed by atoms with Gasteiger partial charge in [-0.2, -0.15) is 0 Å². The van der Waals surface area contributed by atoms with Crippen molar-refractivity contribution in [3.63, 3.8) is 0 Å². The summed E-state index contributed by atoms with van der Waals surface area (Å²) in [6, 6.07) is 6.43. The lowest BCUT2D eigenvalue weighted by Gasteiger charge is -2.04. The Morgan fingerprint density at radius 2 is 1.55 bits per heavy atom. The van der Waals surface area contributed by atoms with E-state index in [1.54, 1.807) is 23.5 Å². The molecule has 1 aromatic rings. The SMILES string of the molecule is CSc1cccc(SC)c1I. The first-order valence-corrected chi connectivity index (χ1v) is 6.69. The van der Waals surface area contributed by atoms with Gasteiger partial charge in [0.1, 0.15) is 0 Å². The first-order chi connectivity index (χ1) is 5.29. The Kier molecular flexibility index (Phi) is 4.09. The van der Waals surface area contributed by atoms with Crippen molar-refractivity contribution < 1.29 is 0 Å². The molecule has 1 aromatic carbocycles. The van der Waals surface area contributed by atoms with Crippen LogP contribution >= 0.6 is 46.1 Å². The first kappa shape index (κ1) is 9.74. The first-order valence-electron chi connectivity index (χ1n) is 3.16. The van der Waals surface area contributed by atoms with Gasteiger partial charge in [-0.3, -0.25) is 0 Å². The average molecular weight is 296 g/mol. The zero-order valence-corrected chi connectivity index (χ0v) is 10.2. The molecule has 0 spiro atoms. The third-order valence-electron chi connectivity index (χ3n) is 1.37. The Labute approximate surface area is 89.7 Å². The van der Waals surface area contributed by atoms with Gasteiger partial charge in [-0.15, -0.1) is 23.5 Å². The van der Waals surface area contributed by atoms with Gasteiger partial charge in [0.15, 0.2) is 0 Å². The van der Waals surface area contributed by atoms with E-state index in [0.29, 0.717) is 0 Å². The molecule has 1 rings (SSSR count). The number of rotatable bonds is 2. The van der Waals surface area contributed by atoms with E-state index in [2.05, 4.69) is 53.3 Å². The molecule has 0 saturated heterocycles. The Balaban J connectivity index is 3.10. The van der Waals surface area contributed by atoms with Gasteiger partial charge in [0.25, 0.3) is 0 Å². The lowest BCUT2D eigenvalue weighted by Crippen LogP contribution is -1.80. The summed E-state index contributed by atoms with van der Waals surface area (Å²) in [4.78, 5) is 2.75. The Morgan fingerprint density at radius 3 is 1.91 bits per heavy atom. The predicted molar refractivity (Wildman–Crippen MR) is 62.7 cm³/mol. The van der Waals surface area contributed by atoms with Crippen molar-refractivity contribution in [3.05, 3.63) is 21.8 Å². The van der Waals surface area contributed by atoms with Crippen molar-refractivity contribution in [1.82, 2.24) is 0 Å². The van der Waals surface area contributed by atoms with E-state index in [0.717, 1.165) is 0 Å². The fourth-order valence-corrected chi connectivity index (χ4v) is 3.56. The van der Waals surface area contributed by atoms with Gasteiger partial charge < -0.3 is 0 Å². The second-order valence-electron chi connectivity index (χ2n) is 1.98. The van der Waals surface area contributed by atoms with Crippen molar-refractivity contribution in [2.24, 2.45) is 0 Å². The molecule has 0 saturated carbocycles. The standard InChI is InChI=1S/C8H9IS2/c1-10-6-4-3-5-7(11-2)8(6)9/h3-5H,1-2H3. The van der Waals surface area contributed by atoms with Crippen molar-refractivity contribution in [3.8, 4) is 0 Å². The van der Waals surface area contributed by atoms with E-state index in [1.807, 2.05) is 0 Å². The number of halogens is 1. The maximum absolute atomic E-state index is 2.40. The van der Waals surface area contributed by atoms with Crippen LogP contribution in [0.2, 0.25) is 0 Å². The molecular formula is C8H9IS2. The maximum atomic E-state index is 2.40. The third-order valence-corrected chi connectivity index (χ3v) is 4.82. The Bertz CT molecular complexity index is 226. The topological polar surface area (TPSA) is 0 Å². The minimum absolute atomic E-state index is 1.37. The fourth-order valence-electron chi connectivity index (χ4n) is 0.806. The number of hydrogen-bond acceptors (Lipinski definition) is 2. The van der Waals surface area contributed by atoms with Crippen LogP contribution in [0.15, 0.2) is 28.0 Å². The van der Waals surface area contributed by atoms with Crippen LogP contribution in [0.4, 0.5) is 0 Å². The lowest BCUT2D eigenvalue weighted by molar-refractivity contribution is 1.27. The van der Waals surface area contributed by atoms with Crippen molar-refractivity contribution in [2.45, 2.75) is 9.79 Å². The summed E-state index contributed by atoms with van der Waals surface area (Å²) in [6.45, 7) is 0. The summed E-state index contributed by atoms with van der Waals surface area (Å²) >= 11 is 6.01. The molecule has 0 radical (unpaired) electrons. The molecular weight excluding hydrogens is 287 g/mol. The Hall–Kier alpha value is 0.650. The van der Waals surface area contributed by atoms with E-state index in [9.17, 15) is 0 Å². The molecule has 0 unspecified atom stereocenters. The molecule has 0 nitrogen and oxygen atoms in total. The second-order valence-corrected chi connectivity index (χ2v) is 4.75. The maximum Gasteiger partial charge on any atom is 0.0401 e. The molecule has 60 valence electrons. The van der Waals surface area contributed by atoms with E-state index < -0.39 is 0 Å². The summed E-state index contributed by atoms with van der Waals surface area (Å²) in [5.74, 6) is 0. The molecule has 0 N–H and O–H groups in total. The van der Waals surface area contributed by atoms with Crippen LogP contribution in [-0.2, 0) is 0 Å². The highest BCUT2D eigenvalue weighted by Crippen LogP contribution is 2.29. The van der Waals surface area contributed by atoms with Crippen LogP contribution in [0.25, 0.3) is 0 Å². The summed E-state index contributed by atoms with van der Waals surface area (Å²) in [6.07, 6.45) is 4.23. The highest BCUT2D eigenvalue weighted by Gasteiger charge is 2.01. The van der Waals surface area contributed by atoms with E-state index in [-0.39, 0.29) is 0 Å². The summed E-state index contributed by atoms with van der Waals surface area (Å²) in [5, 5.41) is 0. The zero-order chi connectivity index (χ0) is 8.27. The van der Waals surface area contributed by atoms with Crippen LogP contribution in [-0.4, -0.2) is 12.5 Å². The highest BCUT2D eigenvalue weighted by atomic mass is 127. The lowest BCUT2D eigenvalue weighted by atomic mass is 10.4. The van der Waals surface area contributed by atoms with Gasteiger partial charge in [-0.1, -0.05) is 6.07 Å². The molecule has 0 aliphatic heterocycles. The van der Waals surface area contributed by atoms with Gasteiger partial charge in [0.2, 0.25) is 0 Å². The summed E-state index contributed by atoms with van der Waals surface area (Å²) in [7, 11) is 0. The van der Waals surface area contributed by atoms with Crippen molar-refractivity contribution in [2.75, 3.05) is 12.5 Å². The Morgan fingerprint density at radius 1 is 1.09 bits per heavy atom. The zero-order valence-electron chi connectivity index (χ0n) is 6.43. The van der Waals surface area contributed by atoms with Crippen molar-refractivity contribution in [1.29, 1.82) is 0 Å². The normalized spacial score (nSPS) is 10.1. The molecule has 0 bridgehead atoms. The monoisotopic (exact) mass is 296 g/mol. The molecule has 3 heteroatoms. The minimum atomic E-state index is 1.37.